The zero-order valence-corrected chi connectivity index (χ0v) is 10.6. The minimum Gasteiger partial charge on any atom is -0.493 e. The molecule has 1 aromatic rings. The first-order valence-electron chi connectivity index (χ1n) is 5.66. The number of ether oxygens (including phenoxy) is 3. The topological polar surface area (TPSA) is 65.0 Å². The summed E-state index contributed by atoms with van der Waals surface area (Å²) < 4.78 is 15.0. The lowest BCUT2D eigenvalue weighted by Gasteiger charge is -2.09. The van der Waals surface area contributed by atoms with Gasteiger partial charge in [0.05, 0.1) is 25.9 Å². The van der Waals surface area contributed by atoms with Crippen molar-refractivity contribution in [3.05, 3.63) is 29.3 Å². The van der Waals surface area contributed by atoms with Gasteiger partial charge in [0, 0.05) is 20.1 Å². The van der Waals surface area contributed by atoms with E-state index in [0.717, 1.165) is 6.42 Å². The van der Waals surface area contributed by atoms with Gasteiger partial charge in [0.25, 0.3) is 0 Å². The fourth-order valence-electron chi connectivity index (χ4n) is 1.46. The van der Waals surface area contributed by atoms with Gasteiger partial charge in [0.15, 0.2) is 0 Å². The quantitative estimate of drug-likeness (QED) is 0.588. The Balaban J connectivity index is 2.74. The van der Waals surface area contributed by atoms with Crippen LogP contribution in [-0.2, 0) is 16.1 Å². The summed E-state index contributed by atoms with van der Waals surface area (Å²) >= 11 is 0. The molecule has 1 aromatic carbocycles. The number of aliphatic hydroxyl groups excluding tert-OH is 1. The smallest absolute Gasteiger partial charge is 0.337 e. The highest BCUT2D eigenvalue weighted by atomic mass is 16.5. The predicted octanol–water partition coefficient (Wildman–Crippen LogP) is 1.38. The Bertz CT molecular complexity index is 389. The molecule has 0 amide bonds. The molecule has 0 unspecified atom stereocenters. The Morgan fingerprint density at radius 3 is 2.61 bits per heavy atom. The Morgan fingerprint density at radius 1 is 1.22 bits per heavy atom. The van der Waals surface area contributed by atoms with Crippen molar-refractivity contribution in [1.82, 2.24) is 0 Å². The first-order chi connectivity index (χ1) is 8.71. The molecule has 0 saturated heterocycles. The number of benzene rings is 1. The molecule has 0 heterocycles. The van der Waals surface area contributed by atoms with Crippen LogP contribution in [0.5, 0.6) is 5.75 Å². The van der Waals surface area contributed by atoms with Gasteiger partial charge in [-0.2, -0.15) is 0 Å². The maximum absolute atomic E-state index is 11.4. The van der Waals surface area contributed by atoms with Crippen molar-refractivity contribution in [3.8, 4) is 5.75 Å². The zero-order valence-electron chi connectivity index (χ0n) is 10.6. The molecule has 0 bridgehead atoms. The van der Waals surface area contributed by atoms with E-state index in [1.807, 2.05) is 0 Å². The van der Waals surface area contributed by atoms with E-state index in [0.29, 0.717) is 30.1 Å². The van der Waals surface area contributed by atoms with Gasteiger partial charge in [0.1, 0.15) is 5.75 Å². The summed E-state index contributed by atoms with van der Waals surface area (Å²) in [5.41, 5.74) is 0.977. The molecule has 18 heavy (non-hydrogen) atoms. The van der Waals surface area contributed by atoms with Crippen LogP contribution in [0.1, 0.15) is 22.3 Å². The fraction of sp³-hybridized carbons (Fsp3) is 0.462. The van der Waals surface area contributed by atoms with Gasteiger partial charge in [-0.15, -0.1) is 0 Å². The van der Waals surface area contributed by atoms with Crippen LogP contribution in [0, 0.1) is 0 Å². The number of rotatable bonds is 7. The van der Waals surface area contributed by atoms with E-state index in [1.54, 1.807) is 25.3 Å². The molecule has 5 heteroatoms. The molecule has 0 atom stereocenters. The molecule has 0 saturated carbocycles. The average molecular weight is 254 g/mol. The summed E-state index contributed by atoms with van der Waals surface area (Å²) in [6.07, 6.45) is 0.757. The van der Waals surface area contributed by atoms with Crippen molar-refractivity contribution in [2.45, 2.75) is 13.0 Å². The van der Waals surface area contributed by atoms with Gasteiger partial charge in [0.2, 0.25) is 0 Å². The predicted molar refractivity (Wildman–Crippen MR) is 65.7 cm³/mol. The van der Waals surface area contributed by atoms with Gasteiger partial charge in [-0.3, -0.25) is 0 Å². The van der Waals surface area contributed by atoms with E-state index in [1.165, 1.54) is 7.11 Å². The van der Waals surface area contributed by atoms with Crippen LogP contribution in [0.2, 0.25) is 0 Å². The van der Waals surface area contributed by atoms with Gasteiger partial charge < -0.3 is 19.3 Å². The first kappa shape index (κ1) is 14.5. The van der Waals surface area contributed by atoms with Crippen LogP contribution in [0.3, 0.4) is 0 Å². The average Bonchev–Trinajstić information content (AvgIpc) is 2.42. The monoisotopic (exact) mass is 254 g/mol. The molecule has 1 rings (SSSR count). The highest BCUT2D eigenvalue weighted by molar-refractivity contribution is 5.90. The molecule has 100 valence electrons. The van der Waals surface area contributed by atoms with Gasteiger partial charge >= 0.3 is 5.97 Å². The molecule has 5 nitrogen and oxygen atoms in total. The van der Waals surface area contributed by atoms with Crippen molar-refractivity contribution in [2.24, 2.45) is 0 Å². The Kier molecular flexibility index (Phi) is 6.18. The molecule has 0 aliphatic heterocycles. The van der Waals surface area contributed by atoms with Gasteiger partial charge in [-0.1, -0.05) is 0 Å². The number of carbonyl (C=O) groups excluding carboxylic acids is 1. The maximum Gasteiger partial charge on any atom is 0.337 e. The van der Waals surface area contributed by atoms with Crippen LogP contribution < -0.4 is 4.74 Å². The summed E-state index contributed by atoms with van der Waals surface area (Å²) in [5.74, 6) is 0.0881. The molecule has 0 aliphatic carbocycles. The number of aliphatic hydroxyl groups is 1. The van der Waals surface area contributed by atoms with E-state index in [2.05, 4.69) is 4.74 Å². The largest absolute Gasteiger partial charge is 0.493 e. The SMILES string of the molecule is COCCCOc1cc(CO)cc(C(=O)OC)c1. The third-order valence-electron chi connectivity index (χ3n) is 2.33. The number of carbonyl (C=O) groups is 1. The van der Waals surface area contributed by atoms with E-state index in [-0.39, 0.29) is 6.61 Å². The number of hydrogen-bond acceptors (Lipinski definition) is 5. The van der Waals surface area contributed by atoms with Gasteiger partial charge in [-0.05, 0) is 23.8 Å². The van der Waals surface area contributed by atoms with Crippen molar-refractivity contribution in [3.63, 3.8) is 0 Å². The zero-order chi connectivity index (χ0) is 13.4. The Morgan fingerprint density at radius 2 is 2.00 bits per heavy atom. The van der Waals surface area contributed by atoms with Crippen LogP contribution in [0.25, 0.3) is 0 Å². The lowest BCUT2D eigenvalue weighted by molar-refractivity contribution is 0.0600. The molecule has 0 spiro atoms. The molecule has 0 aliphatic rings. The van der Waals surface area contributed by atoms with Crippen LogP contribution in [0.15, 0.2) is 18.2 Å². The van der Waals surface area contributed by atoms with Crippen molar-refractivity contribution >= 4 is 5.97 Å². The first-order valence-corrected chi connectivity index (χ1v) is 5.66. The summed E-state index contributed by atoms with van der Waals surface area (Å²) in [6.45, 7) is 0.951. The van der Waals surface area contributed by atoms with Gasteiger partial charge in [-0.25, -0.2) is 4.79 Å². The lowest BCUT2D eigenvalue weighted by Crippen LogP contribution is -2.05. The minimum absolute atomic E-state index is 0.154. The minimum atomic E-state index is -0.452. The molecular weight excluding hydrogens is 236 g/mol. The summed E-state index contributed by atoms with van der Waals surface area (Å²) in [5, 5.41) is 9.12. The van der Waals surface area contributed by atoms with Crippen LogP contribution in [-0.4, -0.2) is 38.5 Å². The van der Waals surface area contributed by atoms with E-state index in [4.69, 9.17) is 14.6 Å². The van der Waals surface area contributed by atoms with Crippen LogP contribution >= 0.6 is 0 Å². The normalized spacial score (nSPS) is 10.2. The van der Waals surface area contributed by atoms with Crippen molar-refractivity contribution < 1.29 is 24.1 Å². The van der Waals surface area contributed by atoms with Crippen molar-refractivity contribution in [2.75, 3.05) is 27.4 Å². The summed E-state index contributed by atoms with van der Waals surface area (Å²) in [7, 11) is 2.94. The highest BCUT2D eigenvalue weighted by Crippen LogP contribution is 2.18. The number of esters is 1. The number of hydrogen-bond donors (Lipinski definition) is 1. The fourth-order valence-corrected chi connectivity index (χ4v) is 1.46. The second kappa shape index (κ2) is 7.68. The standard InChI is InChI=1S/C13H18O5/c1-16-4-3-5-18-12-7-10(9-14)6-11(8-12)13(15)17-2/h6-8,14H,3-5,9H2,1-2H3. The second-order valence-corrected chi connectivity index (χ2v) is 3.71. The van der Waals surface area contributed by atoms with E-state index < -0.39 is 5.97 Å². The van der Waals surface area contributed by atoms with E-state index >= 15 is 0 Å². The molecule has 0 fully saturated rings. The van der Waals surface area contributed by atoms with Crippen LogP contribution in [0.4, 0.5) is 0 Å². The third-order valence-corrected chi connectivity index (χ3v) is 2.33. The second-order valence-electron chi connectivity index (χ2n) is 3.71. The lowest BCUT2D eigenvalue weighted by atomic mass is 10.1. The Labute approximate surface area is 106 Å². The van der Waals surface area contributed by atoms with E-state index in [9.17, 15) is 4.79 Å². The maximum atomic E-state index is 11.4. The van der Waals surface area contributed by atoms with Crippen molar-refractivity contribution in [1.29, 1.82) is 0 Å². The highest BCUT2D eigenvalue weighted by Gasteiger charge is 2.09. The Hall–Kier alpha value is -1.59. The molecule has 1 N–H and O–H groups in total. The third kappa shape index (κ3) is 4.35. The molecule has 0 aromatic heterocycles. The number of methoxy groups -OCH3 is 2. The molecule has 0 radical (unpaired) electrons. The summed E-state index contributed by atoms with van der Waals surface area (Å²) in [4.78, 5) is 11.4. The molecular formula is C13H18O5. The summed E-state index contributed by atoms with van der Waals surface area (Å²) in [6, 6.07) is 4.87.